The summed E-state index contributed by atoms with van der Waals surface area (Å²) in [5.41, 5.74) is -0.937. The molecule has 0 saturated carbocycles. The van der Waals surface area contributed by atoms with Gasteiger partial charge in [0.25, 0.3) is 0 Å². The maximum Gasteiger partial charge on any atom is 0.433 e. The smallest absolute Gasteiger partial charge is 0.373 e. The third kappa shape index (κ3) is 2.90. The van der Waals surface area contributed by atoms with E-state index in [1.807, 2.05) is 0 Å². The molecule has 3 heterocycles. The topological polar surface area (TPSA) is 50.3 Å². The highest BCUT2D eigenvalue weighted by atomic mass is 19.4. The van der Waals surface area contributed by atoms with Gasteiger partial charge in [-0.3, -0.25) is 0 Å². The van der Waals surface area contributed by atoms with Gasteiger partial charge < -0.3 is 15.0 Å². The van der Waals surface area contributed by atoms with Crippen molar-refractivity contribution in [2.24, 2.45) is 0 Å². The van der Waals surface area contributed by atoms with Crippen molar-refractivity contribution in [2.45, 2.75) is 43.7 Å². The van der Waals surface area contributed by atoms with Crippen LogP contribution in [0.3, 0.4) is 0 Å². The van der Waals surface area contributed by atoms with Gasteiger partial charge in [0.05, 0.1) is 18.2 Å². The van der Waals surface area contributed by atoms with E-state index in [0.717, 1.165) is 25.3 Å². The lowest BCUT2D eigenvalue weighted by Crippen LogP contribution is -2.32. The Kier molecular flexibility index (Phi) is 3.43. The Bertz CT molecular complexity index is 535. The number of alkyl halides is 3. The molecule has 1 aromatic heterocycles. The number of hydrogen-bond acceptors (Lipinski definition) is 5. The lowest BCUT2D eigenvalue weighted by Gasteiger charge is -2.22. The fourth-order valence-corrected chi connectivity index (χ4v) is 2.83. The van der Waals surface area contributed by atoms with Crippen LogP contribution in [-0.4, -0.2) is 42.3 Å². The van der Waals surface area contributed by atoms with Crippen molar-refractivity contribution in [3.05, 3.63) is 11.8 Å². The SMILES string of the molecule is CN(C)c1cc(C(F)(F)F)nc(N[C@@H]2C[C@H]3CC[C@H]2O3)n1. The fraction of sp³-hybridized carbons (Fsp3) is 0.692. The van der Waals surface area contributed by atoms with Crippen LogP contribution in [0.4, 0.5) is 24.9 Å². The highest BCUT2D eigenvalue weighted by Gasteiger charge is 2.41. The average molecular weight is 302 g/mol. The fourth-order valence-electron chi connectivity index (χ4n) is 2.83. The molecule has 2 aliphatic rings. The van der Waals surface area contributed by atoms with E-state index in [0.29, 0.717) is 0 Å². The molecule has 3 atom stereocenters. The van der Waals surface area contributed by atoms with Crippen LogP contribution in [0.1, 0.15) is 25.0 Å². The van der Waals surface area contributed by atoms with Gasteiger partial charge in [-0.05, 0) is 19.3 Å². The second kappa shape index (κ2) is 5.01. The number of aromatic nitrogens is 2. The van der Waals surface area contributed by atoms with Crippen molar-refractivity contribution in [1.29, 1.82) is 0 Å². The third-order valence-electron chi connectivity index (χ3n) is 3.88. The summed E-state index contributed by atoms with van der Waals surface area (Å²) in [4.78, 5) is 9.27. The minimum atomic E-state index is -4.49. The maximum absolute atomic E-state index is 12.9. The molecule has 2 fully saturated rings. The van der Waals surface area contributed by atoms with Gasteiger partial charge in [0.2, 0.25) is 5.95 Å². The highest BCUT2D eigenvalue weighted by Crippen LogP contribution is 2.36. The van der Waals surface area contributed by atoms with Gasteiger partial charge in [-0.1, -0.05) is 0 Å². The van der Waals surface area contributed by atoms with Gasteiger partial charge in [0.15, 0.2) is 5.69 Å². The highest BCUT2D eigenvalue weighted by molar-refractivity contribution is 5.45. The summed E-state index contributed by atoms with van der Waals surface area (Å²) >= 11 is 0. The Morgan fingerprint density at radius 2 is 2.05 bits per heavy atom. The Balaban J connectivity index is 1.85. The minimum Gasteiger partial charge on any atom is -0.373 e. The van der Waals surface area contributed by atoms with Gasteiger partial charge in [0, 0.05) is 20.2 Å². The predicted octanol–water partition coefficient (Wildman–Crippen LogP) is 2.29. The first-order valence-corrected chi connectivity index (χ1v) is 6.88. The summed E-state index contributed by atoms with van der Waals surface area (Å²) in [6.45, 7) is 0. The van der Waals surface area contributed by atoms with E-state index in [1.165, 1.54) is 4.90 Å². The Morgan fingerprint density at radius 1 is 1.29 bits per heavy atom. The van der Waals surface area contributed by atoms with Crippen molar-refractivity contribution in [3.8, 4) is 0 Å². The summed E-state index contributed by atoms with van der Waals surface area (Å²) in [6, 6.07) is 0.935. The molecule has 3 rings (SSSR count). The van der Waals surface area contributed by atoms with Crippen molar-refractivity contribution >= 4 is 11.8 Å². The first kappa shape index (κ1) is 14.4. The van der Waals surface area contributed by atoms with Crippen molar-refractivity contribution < 1.29 is 17.9 Å². The zero-order valence-corrected chi connectivity index (χ0v) is 11.8. The number of nitrogens with one attached hydrogen (secondary N) is 1. The summed E-state index contributed by atoms with van der Waals surface area (Å²) < 4.78 is 44.4. The van der Waals surface area contributed by atoms with Gasteiger partial charge in [-0.25, -0.2) is 4.98 Å². The van der Waals surface area contributed by atoms with E-state index >= 15 is 0 Å². The molecule has 0 unspecified atom stereocenters. The molecular formula is C13H17F3N4O. The van der Waals surface area contributed by atoms with Gasteiger partial charge in [-0.15, -0.1) is 0 Å². The van der Waals surface area contributed by atoms with E-state index in [-0.39, 0.29) is 30.0 Å². The van der Waals surface area contributed by atoms with E-state index in [2.05, 4.69) is 15.3 Å². The molecule has 1 aromatic rings. The van der Waals surface area contributed by atoms with Crippen LogP contribution >= 0.6 is 0 Å². The molecular weight excluding hydrogens is 285 g/mol. The summed E-state index contributed by atoms with van der Waals surface area (Å²) in [7, 11) is 3.29. The summed E-state index contributed by atoms with van der Waals surface area (Å²) in [5, 5.41) is 3.01. The zero-order chi connectivity index (χ0) is 15.2. The van der Waals surface area contributed by atoms with Gasteiger partial charge >= 0.3 is 6.18 Å². The van der Waals surface area contributed by atoms with Crippen molar-refractivity contribution in [2.75, 3.05) is 24.3 Å². The second-order valence-electron chi connectivity index (χ2n) is 5.69. The quantitative estimate of drug-likeness (QED) is 0.928. The first-order chi connectivity index (χ1) is 9.83. The molecule has 8 heteroatoms. The number of hydrogen-bond donors (Lipinski definition) is 1. The van der Waals surface area contributed by atoms with E-state index in [9.17, 15) is 13.2 Å². The van der Waals surface area contributed by atoms with Crippen LogP contribution in [-0.2, 0) is 10.9 Å². The standard InChI is InChI=1S/C13H17F3N4O/c1-20(2)11-6-10(13(14,15)16)18-12(19-11)17-8-5-7-3-4-9(8)21-7/h6-9H,3-5H2,1-2H3,(H,17,18,19)/t7-,8-,9-/m1/s1. The van der Waals surface area contributed by atoms with E-state index < -0.39 is 11.9 Å². The number of ether oxygens (including phenoxy) is 1. The molecule has 0 aliphatic carbocycles. The molecule has 0 aromatic carbocycles. The van der Waals surface area contributed by atoms with Gasteiger partial charge in [-0.2, -0.15) is 18.2 Å². The van der Waals surface area contributed by atoms with E-state index in [1.54, 1.807) is 14.1 Å². The molecule has 0 spiro atoms. The Morgan fingerprint density at radius 3 is 2.57 bits per heavy atom. The largest absolute Gasteiger partial charge is 0.433 e. The molecule has 2 bridgehead atoms. The van der Waals surface area contributed by atoms with Crippen molar-refractivity contribution in [3.63, 3.8) is 0 Å². The first-order valence-electron chi connectivity index (χ1n) is 6.88. The second-order valence-corrected chi connectivity index (χ2v) is 5.69. The normalized spacial score (nSPS) is 28.0. The average Bonchev–Trinajstić information content (AvgIpc) is 2.99. The molecule has 116 valence electrons. The molecule has 2 saturated heterocycles. The molecule has 5 nitrogen and oxygen atoms in total. The number of rotatable bonds is 3. The Hall–Kier alpha value is -1.57. The lowest BCUT2D eigenvalue weighted by atomic mass is 9.96. The van der Waals surface area contributed by atoms with Crippen molar-refractivity contribution in [1.82, 2.24) is 9.97 Å². The summed E-state index contributed by atoms with van der Waals surface area (Å²) in [5.74, 6) is 0.235. The number of halogens is 3. The van der Waals surface area contributed by atoms with Crippen LogP contribution < -0.4 is 10.2 Å². The molecule has 0 amide bonds. The monoisotopic (exact) mass is 302 g/mol. The minimum absolute atomic E-state index is 0.00896. The molecule has 0 radical (unpaired) electrons. The van der Waals surface area contributed by atoms with Gasteiger partial charge in [0.1, 0.15) is 5.82 Å². The lowest BCUT2D eigenvalue weighted by molar-refractivity contribution is -0.141. The Labute approximate surface area is 120 Å². The zero-order valence-electron chi connectivity index (χ0n) is 11.8. The number of fused-ring (bicyclic) bond motifs is 2. The molecule has 21 heavy (non-hydrogen) atoms. The summed E-state index contributed by atoms with van der Waals surface area (Å²) in [6.07, 6.45) is -1.48. The molecule has 1 N–H and O–H groups in total. The van der Waals surface area contributed by atoms with Crippen LogP contribution in [0, 0.1) is 0 Å². The number of nitrogens with zero attached hydrogens (tertiary/aromatic N) is 3. The molecule has 2 aliphatic heterocycles. The number of anilines is 2. The van der Waals surface area contributed by atoms with Crippen LogP contribution in [0.25, 0.3) is 0 Å². The van der Waals surface area contributed by atoms with Crippen LogP contribution in [0.5, 0.6) is 0 Å². The van der Waals surface area contributed by atoms with Crippen LogP contribution in [0.2, 0.25) is 0 Å². The predicted molar refractivity (Wildman–Crippen MR) is 71.3 cm³/mol. The van der Waals surface area contributed by atoms with E-state index in [4.69, 9.17) is 4.74 Å². The third-order valence-corrected chi connectivity index (χ3v) is 3.88. The maximum atomic E-state index is 12.9. The van der Waals surface area contributed by atoms with Crippen LogP contribution in [0.15, 0.2) is 6.07 Å².